The van der Waals surface area contributed by atoms with Crippen molar-refractivity contribution in [3.8, 4) is 0 Å². The van der Waals surface area contributed by atoms with Gasteiger partial charge in [-0.25, -0.2) is 0 Å². The maximum atomic E-state index is 11.4. The van der Waals surface area contributed by atoms with Gasteiger partial charge in [0.25, 0.3) is 0 Å². The molecule has 0 N–H and O–H groups in total. The Kier molecular flexibility index (Phi) is 10.5. The van der Waals surface area contributed by atoms with Crippen LogP contribution in [0.25, 0.3) is 0 Å². The predicted molar refractivity (Wildman–Crippen MR) is 92.4 cm³/mol. The summed E-state index contributed by atoms with van der Waals surface area (Å²) in [5.74, 6) is -4.10. The third-order valence-electron chi connectivity index (χ3n) is 4.35. The van der Waals surface area contributed by atoms with Crippen LogP contribution in [0.3, 0.4) is 0 Å². The fourth-order valence-electron chi connectivity index (χ4n) is 2.77. The highest BCUT2D eigenvalue weighted by Crippen LogP contribution is 2.22. The van der Waals surface area contributed by atoms with Gasteiger partial charge >= 0.3 is 23.9 Å². The van der Waals surface area contributed by atoms with E-state index in [1.165, 1.54) is 7.11 Å². The van der Waals surface area contributed by atoms with Crippen molar-refractivity contribution >= 4 is 23.9 Å². The lowest BCUT2D eigenvalue weighted by atomic mass is 9.90. The fraction of sp³-hybridized carbons (Fsp3) is 0.778. The Labute approximate surface area is 163 Å². The molecule has 0 aliphatic carbocycles. The molecule has 2 fully saturated rings. The van der Waals surface area contributed by atoms with Crippen LogP contribution < -0.4 is 0 Å². The Morgan fingerprint density at radius 2 is 1.32 bits per heavy atom. The summed E-state index contributed by atoms with van der Waals surface area (Å²) >= 11 is 0. The molecule has 2 atom stereocenters. The van der Waals surface area contributed by atoms with Gasteiger partial charge in [-0.1, -0.05) is 13.8 Å². The molecule has 0 aromatic heterocycles. The first-order valence-corrected chi connectivity index (χ1v) is 9.10. The molecule has 2 saturated heterocycles. The van der Waals surface area contributed by atoms with Crippen LogP contribution in [-0.4, -0.2) is 64.4 Å². The summed E-state index contributed by atoms with van der Waals surface area (Å²) in [5, 5.41) is 0. The van der Waals surface area contributed by atoms with Gasteiger partial charge in [-0.3, -0.25) is 19.2 Å². The normalized spacial score (nSPS) is 20.1. The van der Waals surface area contributed by atoms with E-state index in [1.54, 1.807) is 6.92 Å². The first-order valence-electron chi connectivity index (χ1n) is 9.10. The largest absolute Gasteiger partial charge is 0.427 e. The van der Waals surface area contributed by atoms with Gasteiger partial charge in [-0.2, -0.15) is 0 Å². The van der Waals surface area contributed by atoms with Gasteiger partial charge < -0.3 is 28.4 Å². The number of hydrogen-bond acceptors (Lipinski definition) is 10. The quantitative estimate of drug-likeness (QED) is 0.421. The first kappa shape index (κ1) is 23.8. The SMILES string of the molecule is CCOCC(CC)C1C(=O)OCOC1=O.COCC(C)C1C(=O)OCOC1=O. The van der Waals surface area contributed by atoms with Gasteiger partial charge in [0.1, 0.15) is 0 Å². The number of hydrogen-bond donors (Lipinski definition) is 0. The Hall–Kier alpha value is -2.20. The summed E-state index contributed by atoms with van der Waals surface area (Å²) in [6.07, 6.45) is 0.675. The summed E-state index contributed by atoms with van der Waals surface area (Å²) in [7, 11) is 1.51. The molecule has 0 saturated carbocycles. The highest BCUT2D eigenvalue weighted by atomic mass is 16.7. The second-order valence-corrected chi connectivity index (χ2v) is 6.30. The molecular formula is C18H28O10. The average molecular weight is 404 g/mol. The molecule has 0 radical (unpaired) electrons. The van der Waals surface area contributed by atoms with Crippen molar-refractivity contribution in [2.45, 2.75) is 27.2 Å². The van der Waals surface area contributed by atoms with Crippen LogP contribution in [0.1, 0.15) is 27.2 Å². The zero-order valence-corrected chi connectivity index (χ0v) is 16.6. The number of methoxy groups -OCH3 is 1. The summed E-state index contributed by atoms with van der Waals surface area (Å²) in [6.45, 7) is 6.24. The van der Waals surface area contributed by atoms with Crippen molar-refractivity contribution < 1.29 is 47.6 Å². The minimum Gasteiger partial charge on any atom is -0.427 e. The van der Waals surface area contributed by atoms with E-state index in [0.29, 0.717) is 26.2 Å². The highest BCUT2D eigenvalue weighted by molar-refractivity contribution is 5.96. The minimum atomic E-state index is -0.839. The molecule has 0 bridgehead atoms. The van der Waals surface area contributed by atoms with Gasteiger partial charge in [0.2, 0.25) is 13.6 Å². The number of cyclic esters (lactones) is 4. The second-order valence-electron chi connectivity index (χ2n) is 6.30. The predicted octanol–water partition coefficient (Wildman–Crippen LogP) is 0.665. The van der Waals surface area contributed by atoms with Crippen LogP contribution in [0.2, 0.25) is 0 Å². The van der Waals surface area contributed by atoms with E-state index < -0.39 is 35.7 Å². The number of ether oxygens (including phenoxy) is 6. The van der Waals surface area contributed by atoms with Crippen molar-refractivity contribution in [2.75, 3.05) is 40.5 Å². The number of carbonyl (C=O) groups excluding carboxylic acids is 4. The standard InChI is InChI=1S/C10H16O5.C8H12O5/c1-3-7(5-13-4-2)8-9(11)14-6-15-10(8)12;1-5(3-11-2)6-7(9)12-4-13-8(6)10/h7-8H,3-6H2,1-2H3;5-6H,3-4H2,1-2H3. The summed E-state index contributed by atoms with van der Waals surface area (Å²) in [4.78, 5) is 45.1. The van der Waals surface area contributed by atoms with E-state index in [9.17, 15) is 19.2 Å². The molecule has 2 heterocycles. The maximum Gasteiger partial charge on any atom is 0.323 e. The maximum absolute atomic E-state index is 11.4. The molecule has 10 nitrogen and oxygen atoms in total. The Morgan fingerprint density at radius 3 is 1.71 bits per heavy atom. The number of esters is 4. The highest BCUT2D eigenvalue weighted by Gasteiger charge is 2.40. The van der Waals surface area contributed by atoms with Crippen molar-refractivity contribution in [1.82, 2.24) is 0 Å². The Balaban J connectivity index is 0.000000283. The molecule has 0 spiro atoms. The lowest BCUT2D eigenvalue weighted by Crippen LogP contribution is -2.41. The molecule has 10 heteroatoms. The molecule has 2 unspecified atom stereocenters. The van der Waals surface area contributed by atoms with E-state index in [-0.39, 0.29) is 25.4 Å². The summed E-state index contributed by atoms with van der Waals surface area (Å²) in [5.41, 5.74) is 0. The molecular weight excluding hydrogens is 376 g/mol. The molecule has 2 aliphatic heterocycles. The average Bonchev–Trinajstić information content (AvgIpc) is 2.65. The van der Waals surface area contributed by atoms with Gasteiger partial charge in [0.05, 0.1) is 13.2 Å². The van der Waals surface area contributed by atoms with Crippen LogP contribution >= 0.6 is 0 Å². The first-order chi connectivity index (χ1) is 13.4. The minimum absolute atomic E-state index is 0.162. The Morgan fingerprint density at radius 1 is 0.857 bits per heavy atom. The lowest BCUT2D eigenvalue weighted by molar-refractivity contribution is -0.195. The van der Waals surface area contributed by atoms with Gasteiger partial charge in [-0.05, 0) is 13.3 Å². The zero-order chi connectivity index (χ0) is 21.1. The molecule has 2 rings (SSSR count). The Bertz CT molecular complexity index is 514. The molecule has 0 aromatic rings. The fourth-order valence-corrected chi connectivity index (χ4v) is 2.77. The smallest absolute Gasteiger partial charge is 0.323 e. The third-order valence-corrected chi connectivity index (χ3v) is 4.35. The van der Waals surface area contributed by atoms with Crippen LogP contribution in [-0.2, 0) is 47.6 Å². The van der Waals surface area contributed by atoms with Crippen molar-refractivity contribution in [2.24, 2.45) is 23.7 Å². The van der Waals surface area contributed by atoms with Crippen LogP contribution in [0.4, 0.5) is 0 Å². The monoisotopic (exact) mass is 404 g/mol. The second kappa shape index (κ2) is 12.3. The van der Waals surface area contributed by atoms with E-state index in [2.05, 4.69) is 18.9 Å². The molecule has 0 aromatic carbocycles. The molecule has 160 valence electrons. The third kappa shape index (κ3) is 6.75. The van der Waals surface area contributed by atoms with Crippen LogP contribution in [0.5, 0.6) is 0 Å². The molecule has 28 heavy (non-hydrogen) atoms. The van der Waals surface area contributed by atoms with E-state index in [4.69, 9.17) is 9.47 Å². The van der Waals surface area contributed by atoms with E-state index in [0.717, 1.165) is 0 Å². The van der Waals surface area contributed by atoms with Gasteiger partial charge in [-0.15, -0.1) is 0 Å². The van der Waals surface area contributed by atoms with Gasteiger partial charge in [0, 0.05) is 25.6 Å². The molecule has 0 amide bonds. The van der Waals surface area contributed by atoms with Crippen LogP contribution in [0.15, 0.2) is 0 Å². The van der Waals surface area contributed by atoms with Crippen molar-refractivity contribution in [3.63, 3.8) is 0 Å². The van der Waals surface area contributed by atoms with E-state index in [1.807, 2.05) is 13.8 Å². The summed E-state index contributed by atoms with van der Waals surface area (Å²) in [6, 6.07) is 0. The van der Waals surface area contributed by atoms with Gasteiger partial charge in [0.15, 0.2) is 11.8 Å². The van der Waals surface area contributed by atoms with Crippen molar-refractivity contribution in [1.29, 1.82) is 0 Å². The van der Waals surface area contributed by atoms with Crippen LogP contribution in [0, 0.1) is 23.7 Å². The summed E-state index contributed by atoms with van der Waals surface area (Å²) < 4.78 is 28.6. The number of carbonyl (C=O) groups is 4. The number of rotatable bonds is 8. The lowest BCUT2D eigenvalue weighted by Gasteiger charge is -2.26. The van der Waals surface area contributed by atoms with Crippen molar-refractivity contribution in [3.05, 3.63) is 0 Å². The zero-order valence-electron chi connectivity index (χ0n) is 16.6. The van der Waals surface area contributed by atoms with E-state index >= 15 is 0 Å². The molecule has 2 aliphatic rings. The topological polar surface area (TPSA) is 124 Å².